The summed E-state index contributed by atoms with van der Waals surface area (Å²) in [5.41, 5.74) is 1.36. The number of anilines is 1. The number of benzene rings is 1. The third kappa shape index (κ3) is 3.44. The fraction of sp³-hybridized carbons (Fsp3) is 0.0833. The van der Waals surface area contributed by atoms with Crippen LogP contribution in [-0.4, -0.2) is 5.91 Å². The van der Waals surface area contributed by atoms with Crippen LogP contribution in [-0.2, 0) is 0 Å². The molecule has 0 aliphatic rings. The summed E-state index contributed by atoms with van der Waals surface area (Å²) in [5.74, 6) is -0.259. The molecule has 2 aromatic rings. The number of thiophene rings is 1. The second-order valence-corrected chi connectivity index (χ2v) is 7.39. The minimum Gasteiger partial charge on any atom is -0.319 e. The number of carbonyl (C=O) groups is 1. The van der Waals surface area contributed by atoms with E-state index in [4.69, 9.17) is 34.8 Å². The van der Waals surface area contributed by atoms with Crippen LogP contribution in [0.2, 0.25) is 15.1 Å². The van der Waals surface area contributed by atoms with E-state index in [9.17, 15) is 4.79 Å². The summed E-state index contributed by atoms with van der Waals surface area (Å²) in [7, 11) is 0. The highest BCUT2D eigenvalue weighted by atomic mass is 79.9. The SMILES string of the molecule is Cc1cc(C(=O)Nc2c(Cl)cc(Cl)cc2Cl)sc1Br. The number of nitrogens with one attached hydrogen (secondary N) is 1. The minimum absolute atomic E-state index is 0.259. The molecule has 1 amide bonds. The van der Waals surface area contributed by atoms with Crippen molar-refractivity contribution >= 4 is 73.7 Å². The molecule has 0 saturated heterocycles. The molecule has 2 nitrogen and oxygen atoms in total. The first-order chi connectivity index (χ1) is 8.88. The maximum Gasteiger partial charge on any atom is 0.265 e. The molecule has 1 heterocycles. The first-order valence-electron chi connectivity index (χ1n) is 5.10. The maximum absolute atomic E-state index is 12.1. The molecule has 0 atom stereocenters. The number of hydrogen-bond donors (Lipinski definition) is 1. The zero-order valence-corrected chi connectivity index (χ0v) is 14.2. The van der Waals surface area contributed by atoms with Crippen molar-refractivity contribution in [3.63, 3.8) is 0 Å². The van der Waals surface area contributed by atoms with Crippen molar-refractivity contribution in [3.05, 3.63) is 47.5 Å². The molecule has 2 rings (SSSR count). The third-order valence-electron chi connectivity index (χ3n) is 2.33. The van der Waals surface area contributed by atoms with Gasteiger partial charge in [0.2, 0.25) is 0 Å². The molecule has 0 unspecified atom stereocenters. The van der Waals surface area contributed by atoms with Crippen LogP contribution in [0.3, 0.4) is 0 Å². The highest BCUT2D eigenvalue weighted by Crippen LogP contribution is 2.35. The highest BCUT2D eigenvalue weighted by molar-refractivity contribution is 9.11. The fourth-order valence-corrected chi connectivity index (χ4v) is 3.75. The molecule has 0 spiro atoms. The largest absolute Gasteiger partial charge is 0.319 e. The summed E-state index contributed by atoms with van der Waals surface area (Å²) in [6, 6.07) is 4.85. The Labute approximate surface area is 137 Å². The fourth-order valence-electron chi connectivity index (χ4n) is 1.41. The Morgan fingerprint density at radius 1 is 1.21 bits per heavy atom. The molecular formula is C12H7BrCl3NOS. The van der Waals surface area contributed by atoms with Crippen molar-refractivity contribution in [1.29, 1.82) is 0 Å². The zero-order chi connectivity index (χ0) is 14.2. The molecule has 100 valence electrons. The van der Waals surface area contributed by atoms with E-state index < -0.39 is 0 Å². The van der Waals surface area contributed by atoms with E-state index in [0.29, 0.717) is 25.6 Å². The van der Waals surface area contributed by atoms with Crippen LogP contribution in [0.5, 0.6) is 0 Å². The standard InChI is InChI=1S/C12H7BrCl3NOS/c1-5-2-9(19-11(5)13)12(18)17-10-7(15)3-6(14)4-8(10)16/h2-4H,1H3,(H,17,18). The number of rotatable bonds is 2. The van der Waals surface area contributed by atoms with Gasteiger partial charge in [-0.1, -0.05) is 34.8 Å². The van der Waals surface area contributed by atoms with E-state index in [1.54, 1.807) is 6.07 Å². The van der Waals surface area contributed by atoms with Crippen LogP contribution >= 0.6 is 62.1 Å². The lowest BCUT2D eigenvalue weighted by molar-refractivity contribution is 0.103. The second-order valence-electron chi connectivity index (χ2n) is 3.77. The molecule has 0 radical (unpaired) electrons. The predicted octanol–water partition coefficient (Wildman–Crippen LogP) is 6.03. The van der Waals surface area contributed by atoms with Crippen LogP contribution in [0, 0.1) is 6.92 Å². The molecule has 0 bridgehead atoms. The summed E-state index contributed by atoms with van der Waals surface area (Å²) in [5, 5.41) is 3.72. The molecule has 0 saturated carbocycles. The number of halogens is 4. The quantitative estimate of drug-likeness (QED) is 0.656. The van der Waals surface area contributed by atoms with Gasteiger partial charge in [-0.2, -0.15) is 0 Å². The average molecular weight is 400 g/mol. The van der Waals surface area contributed by atoms with Gasteiger partial charge in [0.05, 0.1) is 24.4 Å². The smallest absolute Gasteiger partial charge is 0.265 e. The van der Waals surface area contributed by atoms with Crippen molar-refractivity contribution in [1.82, 2.24) is 0 Å². The van der Waals surface area contributed by atoms with Gasteiger partial charge >= 0.3 is 0 Å². The second kappa shape index (κ2) is 6.02. The van der Waals surface area contributed by atoms with Crippen LogP contribution in [0.4, 0.5) is 5.69 Å². The predicted molar refractivity (Wildman–Crippen MR) is 86.2 cm³/mol. The number of hydrogen-bond acceptors (Lipinski definition) is 2. The lowest BCUT2D eigenvalue weighted by Crippen LogP contribution is -2.11. The molecule has 1 aromatic heterocycles. The lowest BCUT2D eigenvalue weighted by Gasteiger charge is -2.08. The van der Waals surface area contributed by atoms with Crippen LogP contribution in [0.1, 0.15) is 15.2 Å². The summed E-state index contributed by atoms with van der Waals surface area (Å²) >= 11 is 22.6. The van der Waals surface area contributed by atoms with E-state index in [1.165, 1.54) is 23.5 Å². The molecule has 19 heavy (non-hydrogen) atoms. The van der Waals surface area contributed by atoms with E-state index in [1.807, 2.05) is 6.92 Å². The molecular weight excluding hydrogens is 392 g/mol. The normalized spacial score (nSPS) is 10.6. The summed E-state index contributed by atoms with van der Waals surface area (Å²) in [6.07, 6.45) is 0. The van der Waals surface area contributed by atoms with Gasteiger partial charge in [0.15, 0.2) is 0 Å². The molecule has 1 aromatic carbocycles. The van der Waals surface area contributed by atoms with Gasteiger partial charge in [-0.25, -0.2) is 0 Å². The van der Waals surface area contributed by atoms with E-state index in [2.05, 4.69) is 21.2 Å². The summed E-state index contributed by atoms with van der Waals surface area (Å²) in [6.45, 7) is 1.92. The van der Waals surface area contributed by atoms with E-state index in [-0.39, 0.29) is 5.91 Å². The van der Waals surface area contributed by atoms with Gasteiger partial charge in [-0.05, 0) is 46.6 Å². The highest BCUT2D eigenvalue weighted by Gasteiger charge is 2.15. The van der Waals surface area contributed by atoms with Crippen molar-refractivity contribution in [3.8, 4) is 0 Å². The Hall–Kier alpha value is -0.260. The monoisotopic (exact) mass is 397 g/mol. The van der Waals surface area contributed by atoms with Gasteiger partial charge in [0, 0.05) is 5.02 Å². The van der Waals surface area contributed by atoms with Crippen molar-refractivity contribution in [2.75, 3.05) is 5.32 Å². The van der Waals surface area contributed by atoms with Crippen molar-refractivity contribution in [2.45, 2.75) is 6.92 Å². The number of carbonyl (C=O) groups excluding carboxylic acids is 1. The van der Waals surface area contributed by atoms with E-state index in [0.717, 1.165) is 9.35 Å². The number of amides is 1. The Balaban J connectivity index is 2.29. The Morgan fingerprint density at radius 2 is 1.79 bits per heavy atom. The third-order valence-corrected chi connectivity index (χ3v) is 5.28. The summed E-state index contributed by atoms with van der Waals surface area (Å²) in [4.78, 5) is 12.7. The van der Waals surface area contributed by atoms with Gasteiger partial charge in [-0.15, -0.1) is 11.3 Å². The Bertz CT molecular complexity index is 614. The summed E-state index contributed by atoms with van der Waals surface area (Å²) < 4.78 is 0.922. The number of aryl methyl sites for hydroxylation is 1. The van der Waals surface area contributed by atoms with E-state index >= 15 is 0 Å². The Morgan fingerprint density at radius 3 is 2.26 bits per heavy atom. The van der Waals surface area contributed by atoms with Crippen LogP contribution in [0.15, 0.2) is 22.0 Å². The lowest BCUT2D eigenvalue weighted by atomic mass is 10.3. The molecule has 0 aliphatic heterocycles. The van der Waals surface area contributed by atoms with Crippen LogP contribution < -0.4 is 5.32 Å². The van der Waals surface area contributed by atoms with Gasteiger partial charge in [0.1, 0.15) is 0 Å². The zero-order valence-electron chi connectivity index (χ0n) is 9.56. The first kappa shape index (κ1) is 15.1. The van der Waals surface area contributed by atoms with Gasteiger partial charge in [0.25, 0.3) is 5.91 Å². The minimum atomic E-state index is -0.259. The molecule has 7 heteroatoms. The van der Waals surface area contributed by atoms with Crippen molar-refractivity contribution in [2.24, 2.45) is 0 Å². The van der Waals surface area contributed by atoms with Gasteiger partial charge in [-0.3, -0.25) is 4.79 Å². The Kier molecular flexibility index (Phi) is 4.79. The maximum atomic E-state index is 12.1. The van der Waals surface area contributed by atoms with Gasteiger partial charge < -0.3 is 5.32 Å². The molecule has 1 N–H and O–H groups in total. The average Bonchev–Trinajstić information content (AvgIpc) is 2.64. The topological polar surface area (TPSA) is 29.1 Å². The first-order valence-corrected chi connectivity index (χ1v) is 7.84. The molecule has 0 fully saturated rings. The molecule has 0 aliphatic carbocycles. The van der Waals surface area contributed by atoms with Crippen molar-refractivity contribution < 1.29 is 4.79 Å². The van der Waals surface area contributed by atoms with Crippen LogP contribution in [0.25, 0.3) is 0 Å².